The lowest BCUT2D eigenvalue weighted by atomic mass is 10.2. The Kier molecular flexibility index (Phi) is 5.96. The second-order valence-electron chi connectivity index (χ2n) is 6.00. The summed E-state index contributed by atoms with van der Waals surface area (Å²) < 4.78 is 21.0. The van der Waals surface area contributed by atoms with Gasteiger partial charge in [-0.3, -0.25) is 4.79 Å². The van der Waals surface area contributed by atoms with Gasteiger partial charge in [0.15, 0.2) is 0 Å². The van der Waals surface area contributed by atoms with Crippen molar-refractivity contribution in [3.63, 3.8) is 0 Å². The Morgan fingerprint density at radius 3 is 2.77 bits per heavy atom. The van der Waals surface area contributed by atoms with Gasteiger partial charge >= 0.3 is 0 Å². The van der Waals surface area contributed by atoms with Crippen LogP contribution in [0, 0.1) is 5.82 Å². The first kappa shape index (κ1) is 18.1. The number of carbonyl (C=O) groups excluding carboxylic acids is 1. The topological polar surface area (TPSA) is 56.1 Å². The second-order valence-corrected chi connectivity index (χ2v) is 6.00. The van der Waals surface area contributed by atoms with E-state index in [1.807, 2.05) is 24.3 Å². The molecule has 1 heterocycles. The Balaban J connectivity index is 1.61. The fraction of sp³-hybridized carbons (Fsp3) is 0.300. The lowest BCUT2D eigenvalue weighted by Gasteiger charge is -2.09. The number of amides is 1. The lowest BCUT2D eigenvalue weighted by Crippen LogP contribution is -2.26. The summed E-state index contributed by atoms with van der Waals surface area (Å²) in [6, 6.07) is 14.0. The van der Waals surface area contributed by atoms with Crippen LogP contribution in [-0.2, 0) is 17.7 Å². The summed E-state index contributed by atoms with van der Waals surface area (Å²) in [5, 5.41) is 2.77. The number of carbonyl (C=O) groups is 1. The molecule has 3 rings (SSSR count). The molecule has 0 unspecified atom stereocenters. The summed E-state index contributed by atoms with van der Waals surface area (Å²) in [6.07, 6.45) is 1.44. The van der Waals surface area contributed by atoms with Gasteiger partial charge in [0.25, 0.3) is 5.91 Å². The Bertz CT molecular complexity index is 892. The van der Waals surface area contributed by atoms with Crippen LogP contribution in [0.1, 0.15) is 22.6 Å². The first-order valence-corrected chi connectivity index (χ1v) is 8.66. The number of aryl methyl sites for hydroxylation is 1. The third-order valence-corrected chi connectivity index (χ3v) is 4.23. The first-order valence-electron chi connectivity index (χ1n) is 8.66. The summed E-state index contributed by atoms with van der Waals surface area (Å²) >= 11 is 0. The zero-order valence-electron chi connectivity index (χ0n) is 14.7. The van der Waals surface area contributed by atoms with Gasteiger partial charge in [-0.25, -0.2) is 9.37 Å². The average molecular weight is 355 g/mol. The molecule has 0 saturated heterocycles. The zero-order valence-corrected chi connectivity index (χ0v) is 14.7. The Labute approximate surface area is 151 Å². The summed E-state index contributed by atoms with van der Waals surface area (Å²) in [5.41, 5.74) is 2.10. The van der Waals surface area contributed by atoms with Crippen LogP contribution in [0.5, 0.6) is 0 Å². The lowest BCUT2D eigenvalue weighted by molar-refractivity contribution is 0.0949. The third kappa shape index (κ3) is 4.08. The average Bonchev–Trinajstić information content (AvgIpc) is 3.01. The monoisotopic (exact) mass is 355 g/mol. The maximum absolute atomic E-state index is 13.6. The minimum atomic E-state index is -0.508. The molecule has 0 aliphatic carbocycles. The van der Waals surface area contributed by atoms with Crippen LogP contribution in [0.3, 0.4) is 0 Å². The van der Waals surface area contributed by atoms with Crippen molar-refractivity contribution < 1.29 is 13.9 Å². The van der Waals surface area contributed by atoms with E-state index < -0.39 is 11.7 Å². The van der Waals surface area contributed by atoms with Crippen molar-refractivity contribution in [1.82, 2.24) is 14.9 Å². The van der Waals surface area contributed by atoms with E-state index in [9.17, 15) is 9.18 Å². The van der Waals surface area contributed by atoms with Crippen molar-refractivity contribution in [2.24, 2.45) is 0 Å². The van der Waals surface area contributed by atoms with Crippen LogP contribution in [0.25, 0.3) is 11.0 Å². The predicted octanol–water partition coefficient (Wildman–Crippen LogP) is 3.18. The quantitative estimate of drug-likeness (QED) is 0.632. The number of rotatable bonds is 8. The summed E-state index contributed by atoms with van der Waals surface area (Å²) in [7, 11) is 1.68. The van der Waals surface area contributed by atoms with Crippen molar-refractivity contribution in [1.29, 1.82) is 0 Å². The predicted molar refractivity (Wildman–Crippen MR) is 98.7 cm³/mol. The largest absolute Gasteiger partial charge is 0.383 e. The number of fused-ring (bicyclic) bond motifs is 1. The molecule has 5 nitrogen and oxygen atoms in total. The molecule has 0 radical (unpaired) electrons. The van der Waals surface area contributed by atoms with Crippen molar-refractivity contribution in [3.8, 4) is 0 Å². The maximum atomic E-state index is 13.6. The van der Waals surface area contributed by atoms with E-state index in [-0.39, 0.29) is 5.56 Å². The van der Waals surface area contributed by atoms with Gasteiger partial charge in [-0.2, -0.15) is 0 Å². The van der Waals surface area contributed by atoms with Gasteiger partial charge in [-0.05, 0) is 30.7 Å². The highest BCUT2D eigenvalue weighted by Gasteiger charge is 2.12. The number of hydrogen-bond acceptors (Lipinski definition) is 3. The van der Waals surface area contributed by atoms with Crippen molar-refractivity contribution in [2.75, 3.05) is 20.3 Å². The highest BCUT2D eigenvalue weighted by molar-refractivity contribution is 5.94. The van der Waals surface area contributed by atoms with E-state index in [0.29, 0.717) is 13.2 Å². The van der Waals surface area contributed by atoms with Gasteiger partial charge in [0.2, 0.25) is 0 Å². The highest BCUT2D eigenvalue weighted by atomic mass is 19.1. The molecule has 6 heteroatoms. The van der Waals surface area contributed by atoms with E-state index in [2.05, 4.69) is 14.9 Å². The molecule has 0 aliphatic heterocycles. The molecule has 0 fully saturated rings. The first-order chi connectivity index (χ1) is 12.7. The van der Waals surface area contributed by atoms with Crippen LogP contribution < -0.4 is 5.32 Å². The SMILES string of the molecule is COCCn1c(CCCNC(=O)c2ccccc2F)nc2ccccc21. The van der Waals surface area contributed by atoms with Crippen LogP contribution in [0.15, 0.2) is 48.5 Å². The minimum absolute atomic E-state index is 0.0693. The Morgan fingerprint density at radius 2 is 1.96 bits per heavy atom. The van der Waals surface area contributed by atoms with Gasteiger partial charge in [0.1, 0.15) is 11.6 Å². The molecule has 1 amide bonds. The second kappa shape index (κ2) is 8.58. The fourth-order valence-corrected chi connectivity index (χ4v) is 2.94. The normalized spacial score (nSPS) is 11.0. The molecule has 136 valence electrons. The van der Waals surface area contributed by atoms with Crippen LogP contribution in [0.2, 0.25) is 0 Å². The minimum Gasteiger partial charge on any atom is -0.383 e. The van der Waals surface area contributed by atoms with Crippen molar-refractivity contribution in [2.45, 2.75) is 19.4 Å². The molecule has 0 spiro atoms. The molecule has 2 aromatic carbocycles. The van der Waals surface area contributed by atoms with E-state index >= 15 is 0 Å². The standard InChI is InChI=1S/C20H22FN3O2/c1-26-14-13-24-18-10-5-4-9-17(18)23-19(24)11-6-12-22-20(25)15-7-2-3-8-16(15)21/h2-5,7-10H,6,11-14H2,1H3,(H,22,25). The molecule has 0 saturated carbocycles. The number of nitrogens with one attached hydrogen (secondary N) is 1. The Hall–Kier alpha value is -2.73. The van der Waals surface area contributed by atoms with E-state index in [4.69, 9.17) is 4.74 Å². The number of nitrogens with zero attached hydrogens (tertiary/aromatic N) is 2. The van der Waals surface area contributed by atoms with Crippen LogP contribution >= 0.6 is 0 Å². The maximum Gasteiger partial charge on any atom is 0.254 e. The van der Waals surface area contributed by atoms with Gasteiger partial charge in [-0.15, -0.1) is 0 Å². The summed E-state index contributed by atoms with van der Waals surface area (Å²) in [6.45, 7) is 1.80. The zero-order chi connectivity index (χ0) is 18.4. The number of aromatic nitrogens is 2. The van der Waals surface area contributed by atoms with E-state index in [1.54, 1.807) is 19.2 Å². The smallest absolute Gasteiger partial charge is 0.254 e. The van der Waals surface area contributed by atoms with Crippen molar-refractivity contribution >= 4 is 16.9 Å². The van der Waals surface area contributed by atoms with Crippen molar-refractivity contribution in [3.05, 3.63) is 65.7 Å². The van der Waals surface area contributed by atoms with Gasteiger partial charge < -0.3 is 14.6 Å². The van der Waals surface area contributed by atoms with Crippen LogP contribution in [-0.4, -0.2) is 35.7 Å². The molecule has 1 N–H and O–H groups in total. The van der Waals surface area contributed by atoms with Gasteiger partial charge in [0.05, 0.1) is 23.2 Å². The van der Waals surface area contributed by atoms with E-state index in [0.717, 1.165) is 36.2 Å². The number of hydrogen-bond donors (Lipinski definition) is 1. The van der Waals surface area contributed by atoms with E-state index in [1.165, 1.54) is 12.1 Å². The van der Waals surface area contributed by atoms with Gasteiger partial charge in [-0.1, -0.05) is 24.3 Å². The molecular weight excluding hydrogens is 333 g/mol. The van der Waals surface area contributed by atoms with Gasteiger partial charge in [0, 0.05) is 26.6 Å². The molecule has 0 aliphatic rings. The van der Waals surface area contributed by atoms with Crippen LogP contribution in [0.4, 0.5) is 4.39 Å². The number of halogens is 1. The molecular formula is C20H22FN3O2. The molecule has 0 atom stereocenters. The number of imidazole rings is 1. The number of benzene rings is 2. The third-order valence-electron chi connectivity index (χ3n) is 4.23. The molecule has 26 heavy (non-hydrogen) atoms. The summed E-state index contributed by atoms with van der Waals surface area (Å²) in [5.74, 6) is 0.0609. The molecule has 3 aromatic rings. The number of ether oxygens (including phenoxy) is 1. The number of para-hydroxylation sites is 2. The molecule has 1 aromatic heterocycles. The highest BCUT2D eigenvalue weighted by Crippen LogP contribution is 2.17. The summed E-state index contributed by atoms with van der Waals surface area (Å²) in [4.78, 5) is 16.7. The Morgan fingerprint density at radius 1 is 1.19 bits per heavy atom. The molecule has 0 bridgehead atoms. The number of methoxy groups -OCH3 is 1. The fourth-order valence-electron chi connectivity index (χ4n) is 2.94.